The molecule has 0 saturated carbocycles. The molecule has 1 aliphatic rings. The fourth-order valence-corrected chi connectivity index (χ4v) is 1.93. The van der Waals surface area contributed by atoms with Crippen molar-refractivity contribution in [3.05, 3.63) is 30.0 Å². The number of fused-ring (bicyclic) bond motifs is 1. The first-order valence-electron chi connectivity index (χ1n) is 6.46. The van der Waals surface area contributed by atoms with Crippen LogP contribution in [0.3, 0.4) is 0 Å². The Morgan fingerprint density at radius 3 is 2.85 bits per heavy atom. The van der Waals surface area contributed by atoms with Crippen molar-refractivity contribution >= 4 is 16.9 Å². The van der Waals surface area contributed by atoms with E-state index in [4.69, 9.17) is 14.2 Å². The minimum Gasteiger partial charge on any atom is -0.482 e. The van der Waals surface area contributed by atoms with Gasteiger partial charge in [0.15, 0.2) is 5.75 Å². The van der Waals surface area contributed by atoms with Gasteiger partial charge < -0.3 is 14.2 Å². The fraction of sp³-hybridized carbons (Fsp3) is 0.357. The molecule has 1 aliphatic heterocycles. The summed E-state index contributed by atoms with van der Waals surface area (Å²) in [5, 5.41) is 8.73. The van der Waals surface area contributed by atoms with Gasteiger partial charge in [-0.05, 0) is 19.1 Å². The van der Waals surface area contributed by atoms with Crippen LogP contribution >= 0.6 is 0 Å². The van der Waals surface area contributed by atoms with Gasteiger partial charge in [0.2, 0.25) is 5.69 Å². The molecule has 1 aromatic carbocycles. The van der Waals surface area contributed by atoms with E-state index in [2.05, 4.69) is 10.2 Å². The number of nitrogens with zero attached hydrogens (tertiary/aromatic N) is 2. The Kier molecular flexibility index (Phi) is 3.47. The molecular weight excluding hydrogens is 260 g/mol. The molecule has 1 fully saturated rings. The van der Waals surface area contributed by atoms with Crippen LogP contribution in [0.15, 0.2) is 24.3 Å². The third kappa shape index (κ3) is 2.30. The van der Waals surface area contributed by atoms with Crippen LogP contribution in [0.5, 0.6) is 5.75 Å². The van der Waals surface area contributed by atoms with Gasteiger partial charge in [-0.2, -0.15) is 0 Å². The molecule has 1 aromatic heterocycles. The summed E-state index contributed by atoms with van der Waals surface area (Å²) >= 11 is 0. The van der Waals surface area contributed by atoms with Crippen molar-refractivity contribution in [1.82, 2.24) is 10.2 Å². The van der Waals surface area contributed by atoms with E-state index in [0.29, 0.717) is 24.5 Å². The normalized spacial score (nSPS) is 14.8. The summed E-state index contributed by atoms with van der Waals surface area (Å²) in [6.07, 6.45) is -0.0595. The van der Waals surface area contributed by atoms with Gasteiger partial charge in [0.05, 0.1) is 25.3 Å². The van der Waals surface area contributed by atoms with Gasteiger partial charge in [0.1, 0.15) is 6.10 Å². The van der Waals surface area contributed by atoms with Crippen LogP contribution in [0.4, 0.5) is 0 Å². The highest BCUT2D eigenvalue weighted by Crippen LogP contribution is 2.29. The molecule has 0 N–H and O–H groups in total. The van der Waals surface area contributed by atoms with Gasteiger partial charge in [-0.3, -0.25) is 0 Å². The summed E-state index contributed by atoms with van der Waals surface area (Å²) in [6, 6.07) is 7.39. The lowest BCUT2D eigenvalue weighted by Crippen LogP contribution is -2.39. The van der Waals surface area contributed by atoms with E-state index >= 15 is 0 Å². The van der Waals surface area contributed by atoms with E-state index in [1.165, 1.54) is 0 Å². The highest BCUT2D eigenvalue weighted by molar-refractivity contribution is 5.97. The summed E-state index contributed by atoms with van der Waals surface area (Å²) in [5.74, 6) is -0.108. The zero-order chi connectivity index (χ0) is 13.9. The zero-order valence-electron chi connectivity index (χ0n) is 11.0. The maximum Gasteiger partial charge on any atom is 0.362 e. The number of carbonyl (C=O) groups is 1. The molecule has 104 valence electrons. The van der Waals surface area contributed by atoms with Crippen LogP contribution in [-0.2, 0) is 9.47 Å². The van der Waals surface area contributed by atoms with Crippen molar-refractivity contribution in [3.63, 3.8) is 0 Å². The molecule has 3 rings (SSSR count). The summed E-state index contributed by atoms with van der Waals surface area (Å²) in [6.45, 7) is 3.05. The molecule has 2 aromatic rings. The molecule has 20 heavy (non-hydrogen) atoms. The van der Waals surface area contributed by atoms with Crippen molar-refractivity contribution < 1.29 is 19.0 Å². The maximum atomic E-state index is 12.0. The molecule has 6 nitrogen and oxygen atoms in total. The molecule has 0 radical (unpaired) electrons. The van der Waals surface area contributed by atoms with E-state index in [1.807, 2.05) is 24.3 Å². The van der Waals surface area contributed by atoms with Crippen molar-refractivity contribution in [2.75, 3.05) is 19.8 Å². The maximum absolute atomic E-state index is 12.0. The number of aromatic nitrogens is 2. The van der Waals surface area contributed by atoms with Crippen LogP contribution in [0.1, 0.15) is 17.4 Å². The van der Waals surface area contributed by atoms with Crippen molar-refractivity contribution in [2.45, 2.75) is 13.0 Å². The minimum absolute atomic E-state index is 0.0595. The number of esters is 1. The number of hydrogen-bond acceptors (Lipinski definition) is 6. The molecule has 6 heteroatoms. The second-order valence-corrected chi connectivity index (χ2v) is 4.39. The van der Waals surface area contributed by atoms with Crippen molar-refractivity contribution in [2.24, 2.45) is 0 Å². The van der Waals surface area contributed by atoms with Gasteiger partial charge in [0.25, 0.3) is 0 Å². The second kappa shape index (κ2) is 5.42. The van der Waals surface area contributed by atoms with E-state index < -0.39 is 5.97 Å². The Hall–Kier alpha value is -2.21. The van der Waals surface area contributed by atoms with Crippen LogP contribution in [0.25, 0.3) is 10.9 Å². The number of carbonyl (C=O) groups excluding carboxylic acids is 1. The lowest BCUT2D eigenvalue weighted by Gasteiger charge is -2.27. The largest absolute Gasteiger partial charge is 0.482 e. The number of rotatable bonds is 4. The summed E-state index contributed by atoms with van der Waals surface area (Å²) in [7, 11) is 0. The molecule has 0 unspecified atom stereocenters. The van der Waals surface area contributed by atoms with Crippen molar-refractivity contribution in [1.29, 1.82) is 0 Å². The average Bonchev–Trinajstić information content (AvgIpc) is 2.42. The molecular formula is C14H14N2O4. The monoisotopic (exact) mass is 274 g/mol. The first-order chi connectivity index (χ1) is 9.79. The van der Waals surface area contributed by atoms with Crippen molar-refractivity contribution in [3.8, 4) is 5.75 Å². The van der Waals surface area contributed by atoms with Crippen LogP contribution in [0.2, 0.25) is 0 Å². The first-order valence-corrected chi connectivity index (χ1v) is 6.46. The third-order valence-electron chi connectivity index (χ3n) is 2.98. The molecule has 0 atom stereocenters. The second-order valence-electron chi connectivity index (χ2n) is 4.39. The van der Waals surface area contributed by atoms with Crippen LogP contribution in [-0.4, -0.2) is 42.1 Å². The molecule has 0 aliphatic carbocycles. The molecule has 1 saturated heterocycles. The van der Waals surface area contributed by atoms with E-state index in [9.17, 15) is 4.79 Å². The smallest absolute Gasteiger partial charge is 0.362 e. The topological polar surface area (TPSA) is 70.5 Å². The van der Waals surface area contributed by atoms with Crippen LogP contribution < -0.4 is 4.74 Å². The SMILES string of the molecule is CCOC(=O)c1nnc2ccccc2c1OC1COC1. The highest BCUT2D eigenvalue weighted by Gasteiger charge is 2.26. The number of hydrogen-bond donors (Lipinski definition) is 0. The average molecular weight is 274 g/mol. The predicted molar refractivity (Wildman–Crippen MR) is 70.7 cm³/mol. The molecule has 0 bridgehead atoms. The van der Waals surface area contributed by atoms with Gasteiger partial charge in [-0.1, -0.05) is 12.1 Å². The Labute approximate surface area is 115 Å². The lowest BCUT2D eigenvalue weighted by atomic mass is 10.2. The Morgan fingerprint density at radius 1 is 1.35 bits per heavy atom. The van der Waals surface area contributed by atoms with E-state index in [1.54, 1.807) is 6.92 Å². The van der Waals surface area contributed by atoms with E-state index in [0.717, 1.165) is 5.39 Å². The standard InChI is InChI=1S/C14H14N2O4/c1-2-19-14(17)12-13(20-9-7-18-8-9)10-5-3-4-6-11(10)15-16-12/h3-6,9H,2,7-8H2,1H3. The van der Waals surface area contributed by atoms with Gasteiger partial charge in [0, 0.05) is 5.39 Å². The third-order valence-corrected chi connectivity index (χ3v) is 2.98. The fourth-order valence-electron chi connectivity index (χ4n) is 1.93. The van der Waals surface area contributed by atoms with Gasteiger partial charge >= 0.3 is 5.97 Å². The zero-order valence-corrected chi connectivity index (χ0v) is 11.0. The summed E-state index contributed by atoms with van der Waals surface area (Å²) < 4.78 is 15.9. The number of benzene rings is 1. The minimum atomic E-state index is -0.527. The number of ether oxygens (including phenoxy) is 3. The lowest BCUT2D eigenvalue weighted by molar-refractivity contribution is -0.0795. The van der Waals surface area contributed by atoms with Gasteiger partial charge in [-0.15, -0.1) is 10.2 Å². The predicted octanol–water partition coefficient (Wildman–Crippen LogP) is 1.58. The summed E-state index contributed by atoms with van der Waals surface area (Å²) in [4.78, 5) is 12.0. The van der Waals surface area contributed by atoms with Crippen LogP contribution in [0, 0.1) is 0 Å². The highest BCUT2D eigenvalue weighted by atomic mass is 16.6. The van der Waals surface area contributed by atoms with Gasteiger partial charge in [-0.25, -0.2) is 4.79 Å². The quantitative estimate of drug-likeness (QED) is 0.788. The first kappa shape index (κ1) is 12.8. The summed E-state index contributed by atoms with van der Waals surface area (Å²) in [5.41, 5.74) is 0.785. The Bertz CT molecular complexity index is 640. The molecule has 0 spiro atoms. The van der Waals surface area contributed by atoms with E-state index in [-0.39, 0.29) is 18.4 Å². The molecule has 2 heterocycles. The molecule has 0 amide bonds. The Balaban J connectivity index is 2.07. The Morgan fingerprint density at radius 2 is 2.15 bits per heavy atom.